The van der Waals surface area contributed by atoms with Gasteiger partial charge in [0.2, 0.25) is 5.82 Å². The highest BCUT2D eigenvalue weighted by Gasteiger charge is 2.34. The van der Waals surface area contributed by atoms with E-state index in [4.69, 9.17) is 0 Å². The Morgan fingerprint density at radius 2 is 2.00 bits per heavy atom. The number of nitrogens with one attached hydrogen (secondary N) is 2. The molecule has 0 bridgehead atoms. The molecule has 2 fully saturated rings. The smallest absolute Gasteiger partial charge is 0.209 e. The van der Waals surface area contributed by atoms with Crippen LogP contribution in [0.25, 0.3) is 0 Å². The van der Waals surface area contributed by atoms with Gasteiger partial charge in [-0.2, -0.15) is 0 Å². The van der Waals surface area contributed by atoms with E-state index >= 15 is 0 Å². The van der Waals surface area contributed by atoms with E-state index in [0.29, 0.717) is 12.1 Å². The molecule has 2 aliphatic rings. The maximum Gasteiger partial charge on any atom is 0.209 e. The molecule has 3 rings (SSSR count). The molecule has 1 aliphatic carbocycles. The highest BCUT2D eigenvalue weighted by atomic mass is 15.6. The van der Waals surface area contributed by atoms with E-state index in [9.17, 15) is 0 Å². The average Bonchev–Trinajstić information content (AvgIpc) is 3.20. The van der Waals surface area contributed by atoms with Gasteiger partial charge in [-0.25, -0.2) is 4.68 Å². The van der Waals surface area contributed by atoms with Crippen molar-refractivity contribution in [1.82, 2.24) is 20.2 Å². The monoisotopic (exact) mass is 306 g/mol. The first-order valence-corrected chi connectivity index (χ1v) is 8.90. The lowest BCUT2D eigenvalue weighted by Gasteiger charge is -2.33. The Morgan fingerprint density at radius 1 is 1.27 bits per heavy atom. The second-order valence-corrected chi connectivity index (χ2v) is 6.78. The van der Waals surface area contributed by atoms with E-state index in [2.05, 4.69) is 33.7 Å². The minimum Gasteiger partial charge on any atom is -0.322 e. The van der Waals surface area contributed by atoms with Crippen LogP contribution in [0.5, 0.6) is 0 Å². The Bertz CT molecular complexity index is 471. The number of piperazine rings is 1. The first-order chi connectivity index (χ1) is 10.8. The average molecular weight is 306 g/mol. The predicted octanol–water partition coefficient (Wildman–Crippen LogP) is -0.791. The molecule has 0 spiro atoms. The van der Waals surface area contributed by atoms with Crippen LogP contribution in [0.1, 0.15) is 56.9 Å². The van der Waals surface area contributed by atoms with E-state index in [0.717, 1.165) is 18.8 Å². The van der Waals surface area contributed by atoms with Crippen LogP contribution >= 0.6 is 0 Å². The molecular formula is C16H30N6+2. The van der Waals surface area contributed by atoms with E-state index in [1.807, 2.05) is 6.08 Å². The summed E-state index contributed by atoms with van der Waals surface area (Å²) in [4.78, 5) is 3.31. The second kappa shape index (κ2) is 7.33. The van der Waals surface area contributed by atoms with E-state index in [1.165, 1.54) is 51.9 Å². The third kappa shape index (κ3) is 3.22. The molecule has 6 heteroatoms. The van der Waals surface area contributed by atoms with Gasteiger partial charge in [-0.3, -0.25) is 0 Å². The van der Waals surface area contributed by atoms with Crippen molar-refractivity contribution in [2.75, 3.05) is 32.7 Å². The molecule has 1 saturated carbocycles. The number of aromatic nitrogens is 4. The molecule has 1 aromatic heterocycles. The lowest BCUT2D eigenvalue weighted by Crippen LogP contribution is -3.28. The van der Waals surface area contributed by atoms with Crippen LogP contribution < -0.4 is 9.80 Å². The third-order valence-corrected chi connectivity index (χ3v) is 5.43. The van der Waals surface area contributed by atoms with Crippen molar-refractivity contribution in [2.24, 2.45) is 0 Å². The minimum absolute atomic E-state index is 0.445. The van der Waals surface area contributed by atoms with Gasteiger partial charge < -0.3 is 9.80 Å². The van der Waals surface area contributed by atoms with E-state index < -0.39 is 0 Å². The van der Waals surface area contributed by atoms with Gasteiger partial charge in [0.25, 0.3) is 0 Å². The SMILES string of the molecule is C=CC[NH+]1CC[NH+]([C@H](CC)c2nnnn2C2CCCC2)CC1. The van der Waals surface area contributed by atoms with Crippen LogP contribution in [0.15, 0.2) is 12.7 Å². The molecule has 0 amide bonds. The standard InChI is InChI=1S/C16H28N6/c1-3-9-20-10-12-21(13-11-20)15(4-2)16-17-18-19-22(16)14-7-5-6-8-14/h3,14-15H,1,4-13H2,2H3/p+2/t15-/m1/s1. The van der Waals surface area contributed by atoms with Crippen molar-refractivity contribution in [2.45, 2.75) is 51.1 Å². The summed E-state index contributed by atoms with van der Waals surface area (Å²) in [5, 5.41) is 12.8. The van der Waals surface area contributed by atoms with Crippen LogP contribution in [-0.4, -0.2) is 52.9 Å². The molecule has 0 aromatic carbocycles. The van der Waals surface area contributed by atoms with Gasteiger partial charge in [0, 0.05) is 6.42 Å². The van der Waals surface area contributed by atoms with Gasteiger partial charge in [-0.1, -0.05) is 26.3 Å². The van der Waals surface area contributed by atoms with Gasteiger partial charge in [-0.15, -0.1) is 5.10 Å². The molecule has 6 nitrogen and oxygen atoms in total. The zero-order valence-corrected chi connectivity index (χ0v) is 13.8. The summed E-state index contributed by atoms with van der Waals surface area (Å²) in [5.74, 6) is 1.12. The molecular weight excluding hydrogens is 276 g/mol. The highest BCUT2D eigenvalue weighted by molar-refractivity contribution is 4.91. The van der Waals surface area contributed by atoms with Gasteiger partial charge in [0.15, 0.2) is 0 Å². The number of nitrogens with zero attached hydrogens (tertiary/aromatic N) is 4. The van der Waals surface area contributed by atoms with Crippen LogP contribution in [0.2, 0.25) is 0 Å². The fourth-order valence-electron chi connectivity index (χ4n) is 4.17. The summed E-state index contributed by atoms with van der Waals surface area (Å²) in [5.41, 5.74) is 0. The summed E-state index contributed by atoms with van der Waals surface area (Å²) < 4.78 is 2.15. The van der Waals surface area contributed by atoms with Crippen molar-refractivity contribution >= 4 is 0 Å². The van der Waals surface area contributed by atoms with Crippen LogP contribution in [0.3, 0.4) is 0 Å². The number of quaternary nitrogens is 2. The Hall–Kier alpha value is -1.27. The summed E-state index contributed by atoms with van der Waals surface area (Å²) in [7, 11) is 0. The number of hydrogen-bond donors (Lipinski definition) is 2. The normalized spacial score (nSPS) is 27.9. The van der Waals surface area contributed by atoms with Crippen molar-refractivity contribution in [1.29, 1.82) is 0 Å². The molecule has 2 N–H and O–H groups in total. The molecule has 2 heterocycles. The lowest BCUT2D eigenvalue weighted by atomic mass is 10.1. The largest absolute Gasteiger partial charge is 0.322 e. The quantitative estimate of drug-likeness (QED) is 0.677. The molecule has 1 atom stereocenters. The molecule has 1 aromatic rings. The molecule has 0 radical (unpaired) electrons. The lowest BCUT2D eigenvalue weighted by molar-refractivity contribution is -1.03. The van der Waals surface area contributed by atoms with Gasteiger partial charge >= 0.3 is 0 Å². The number of rotatable bonds is 6. The van der Waals surface area contributed by atoms with Gasteiger partial charge in [-0.05, 0) is 29.3 Å². The molecule has 1 saturated heterocycles. The zero-order chi connectivity index (χ0) is 15.4. The van der Waals surface area contributed by atoms with Crippen molar-refractivity contribution in [3.05, 3.63) is 18.5 Å². The molecule has 122 valence electrons. The Kier molecular flexibility index (Phi) is 5.20. The Labute approximate surface area is 133 Å². The van der Waals surface area contributed by atoms with Crippen molar-refractivity contribution < 1.29 is 9.80 Å². The molecule has 1 aliphatic heterocycles. The highest BCUT2D eigenvalue weighted by Crippen LogP contribution is 2.30. The fraction of sp³-hybridized carbons (Fsp3) is 0.812. The van der Waals surface area contributed by atoms with Gasteiger partial charge in [0.05, 0.1) is 12.6 Å². The number of tetrazole rings is 1. The summed E-state index contributed by atoms with van der Waals surface area (Å²) >= 11 is 0. The Balaban J connectivity index is 1.69. The second-order valence-electron chi connectivity index (χ2n) is 6.78. The van der Waals surface area contributed by atoms with E-state index in [-0.39, 0.29) is 0 Å². The van der Waals surface area contributed by atoms with E-state index in [1.54, 1.807) is 9.80 Å². The molecule has 0 unspecified atom stereocenters. The maximum atomic E-state index is 4.42. The maximum absolute atomic E-state index is 4.42. The van der Waals surface area contributed by atoms with Crippen LogP contribution in [-0.2, 0) is 0 Å². The topological polar surface area (TPSA) is 52.5 Å². The zero-order valence-electron chi connectivity index (χ0n) is 13.8. The molecule has 22 heavy (non-hydrogen) atoms. The van der Waals surface area contributed by atoms with Crippen molar-refractivity contribution in [3.8, 4) is 0 Å². The first-order valence-electron chi connectivity index (χ1n) is 8.90. The number of hydrogen-bond acceptors (Lipinski definition) is 3. The van der Waals surface area contributed by atoms with Crippen LogP contribution in [0, 0.1) is 0 Å². The Morgan fingerprint density at radius 3 is 2.64 bits per heavy atom. The summed E-state index contributed by atoms with van der Waals surface area (Å²) in [6, 6.07) is 0.979. The van der Waals surface area contributed by atoms with Crippen LogP contribution in [0.4, 0.5) is 0 Å². The summed E-state index contributed by atoms with van der Waals surface area (Å²) in [6.07, 6.45) is 8.26. The van der Waals surface area contributed by atoms with Crippen molar-refractivity contribution in [3.63, 3.8) is 0 Å². The third-order valence-electron chi connectivity index (χ3n) is 5.43. The summed E-state index contributed by atoms with van der Waals surface area (Å²) in [6.45, 7) is 12.1. The van der Waals surface area contributed by atoms with Gasteiger partial charge in [0.1, 0.15) is 32.2 Å². The fourth-order valence-corrected chi connectivity index (χ4v) is 4.17. The first kappa shape index (κ1) is 15.6. The predicted molar refractivity (Wildman–Crippen MR) is 84.8 cm³/mol. The minimum atomic E-state index is 0.445.